The summed E-state index contributed by atoms with van der Waals surface area (Å²) in [6.07, 6.45) is 9.58. The quantitative estimate of drug-likeness (QED) is 0.214. The first-order valence-corrected chi connectivity index (χ1v) is 7.64. The molecule has 0 heterocycles. The Hall–Kier alpha value is 1.17. The maximum absolute atomic E-state index is 5.45. The third kappa shape index (κ3) is 19.2. The van der Waals surface area contributed by atoms with Gasteiger partial charge in [0, 0.05) is 13.2 Å². The van der Waals surface area contributed by atoms with E-state index >= 15 is 0 Å². The molecular weight excluding hydrogens is 328 g/mol. The molecule has 0 saturated carbocycles. The van der Waals surface area contributed by atoms with Crippen LogP contribution in [0.2, 0.25) is 0 Å². The van der Waals surface area contributed by atoms with Crippen LogP contribution in [0.3, 0.4) is 0 Å². The van der Waals surface area contributed by atoms with Crippen LogP contribution < -0.4 is 17.0 Å². The van der Waals surface area contributed by atoms with Gasteiger partial charge in [-0.1, -0.05) is 39.5 Å². The van der Waals surface area contributed by atoms with Crippen molar-refractivity contribution in [2.24, 2.45) is 11.8 Å². The summed E-state index contributed by atoms with van der Waals surface area (Å²) in [6.45, 7) is 11.1. The van der Waals surface area contributed by atoms with Crippen molar-refractivity contribution < 1.29 is 26.5 Å². The third-order valence-corrected chi connectivity index (χ3v) is 3.24. The van der Waals surface area contributed by atoms with E-state index in [0.717, 1.165) is 37.9 Å². The molecule has 4 heteroatoms. The molecule has 0 aromatic carbocycles. The van der Waals surface area contributed by atoms with E-state index in [1.165, 1.54) is 25.7 Å². The van der Waals surface area contributed by atoms with Crippen LogP contribution in [0.1, 0.15) is 66.2 Å². The maximum Gasteiger partial charge on any atom is 2.00 e. The van der Waals surface area contributed by atoms with Crippen molar-refractivity contribution in [3.8, 4) is 0 Å². The van der Waals surface area contributed by atoms with E-state index < -0.39 is 0 Å². The molecule has 2 nitrogen and oxygen atoms in total. The minimum atomic E-state index is 0. The minimum absolute atomic E-state index is 0. The predicted molar refractivity (Wildman–Crippen MR) is 84.2 cm³/mol. The summed E-state index contributed by atoms with van der Waals surface area (Å²) in [5.41, 5.74) is 0. The van der Waals surface area contributed by atoms with Gasteiger partial charge in [-0.05, 0) is 25.2 Å². The van der Waals surface area contributed by atoms with Crippen molar-refractivity contribution in [3.05, 3.63) is 6.42 Å². The Balaban J connectivity index is -0.00000144. The minimum Gasteiger partial charge on any atom is -1.00 e. The predicted octanol–water partition coefficient (Wildman–Crippen LogP) is 1.46. The van der Waals surface area contributed by atoms with Crippen LogP contribution in [-0.4, -0.2) is 43.1 Å². The fraction of sp³-hybridized carbons (Fsp3) is 0.938. The van der Waals surface area contributed by atoms with Crippen molar-refractivity contribution in [2.45, 2.75) is 66.2 Å². The summed E-state index contributed by atoms with van der Waals surface area (Å²) in [5, 5.41) is 0. The van der Waals surface area contributed by atoms with E-state index in [1.807, 2.05) is 0 Å². The topological polar surface area (TPSA) is 18.5 Å². The van der Waals surface area contributed by atoms with Crippen LogP contribution in [0.25, 0.3) is 0 Å². The molecule has 0 aliphatic rings. The first kappa shape index (κ1) is 26.1. The monoisotopic (exact) mass is 360 g/mol. The number of hydrogen-bond donors (Lipinski definition) is 0. The van der Waals surface area contributed by atoms with Crippen LogP contribution in [0.5, 0.6) is 0 Å². The van der Waals surface area contributed by atoms with E-state index in [2.05, 4.69) is 34.1 Å². The number of unbranched alkanes of at least 4 members (excludes halogenated alkanes) is 1. The van der Waals surface area contributed by atoms with Crippen LogP contribution in [-0.2, 0) is 9.47 Å². The van der Waals surface area contributed by atoms with Crippen molar-refractivity contribution in [2.75, 3.05) is 20.0 Å². The van der Waals surface area contributed by atoms with Crippen molar-refractivity contribution >= 4 is 23.1 Å². The molecule has 2 unspecified atom stereocenters. The van der Waals surface area contributed by atoms with Crippen molar-refractivity contribution in [3.63, 3.8) is 0 Å². The van der Waals surface area contributed by atoms with Crippen LogP contribution >= 0.6 is 0 Å². The maximum atomic E-state index is 5.45. The van der Waals surface area contributed by atoms with Gasteiger partial charge in [-0.25, -0.2) is 0 Å². The van der Waals surface area contributed by atoms with Crippen molar-refractivity contribution in [1.82, 2.24) is 0 Å². The van der Waals surface area contributed by atoms with Gasteiger partial charge in [0.15, 0.2) is 0 Å². The first-order valence-electron chi connectivity index (χ1n) is 7.64. The standard InChI is InChI=1S/C16H33O2.BrH.Mg/c1-5-7-11-17-14-18-12-8-10-16(4)13-15(3)9-6-2;;/h6,15-16H,5,7-14H2,1-4H3;1H;/q-1;;+2/p-1. The fourth-order valence-electron chi connectivity index (χ4n) is 2.26. The molecule has 0 aliphatic heterocycles. The van der Waals surface area contributed by atoms with Gasteiger partial charge in [0.05, 0.1) is 0 Å². The molecule has 0 N–H and O–H groups in total. The molecule has 0 bridgehead atoms. The molecule has 2 atom stereocenters. The summed E-state index contributed by atoms with van der Waals surface area (Å²) in [7, 11) is 0. The molecule has 0 radical (unpaired) electrons. The van der Waals surface area contributed by atoms with Crippen LogP contribution in [0.4, 0.5) is 0 Å². The molecule has 0 aromatic rings. The third-order valence-electron chi connectivity index (χ3n) is 3.24. The Morgan fingerprint density at radius 2 is 1.60 bits per heavy atom. The number of halogens is 1. The number of ether oxygens (including phenoxy) is 2. The van der Waals surface area contributed by atoms with Gasteiger partial charge in [-0.15, -0.1) is 0 Å². The summed E-state index contributed by atoms with van der Waals surface area (Å²) in [5.74, 6) is 1.63. The molecule has 0 aromatic heterocycles. The summed E-state index contributed by atoms with van der Waals surface area (Å²) >= 11 is 0. The molecule has 118 valence electrons. The van der Waals surface area contributed by atoms with Gasteiger partial charge in [-0.3, -0.25) is 0 Å². The van der Waals surface area contributed by atoms with Gasteiger partial charge < -0.3 is 32.9 Å². The Kier molecular flexibility index (Phi) is 26.3. The van der Waals surface area contributed by atoms with E-state index in [1.54, 1.807) is 0 Å². The molecular formula is C16H33BrMgO2. The normalized spacial score (nSPS) is 13.2. The van der Waals surface area contributed by atoms with Crippen molar-refractivity contribution in [1.29, 1.82) is 0 Å². The van der Waals surface area contributed by atoms with Gasteiger partial charge in [-0.2, -0.15) is 13.3 Å². The second-order valence-corrected chi connectivity index (χ2v) is 5.52. The fourth-order valence-corrected chi connectivity index (χ4v) is 2.26. The largest absolute Gasteiger partial charge is 2.00 e. The van der Waals surface area contributed by atoms with Crippen LogP contribution in [0.15, 0.2) is 0 Å². The Labute approximate surface area is 153 Å². The molecule has 0 rings (SSSR count). The van der Waals surface area contributed by atoms with Crippen LogP contribution in [0, 0.1) is 18.3 Å². The summed E-state index contributed by atoms with van der Waals surface area (Å²) < 4.78 is 10.8. The van der Waals surface area contributed by atoms with E-state index in [0.29, 0.717) is 6.79 Å². The molecule has 0 aliphatic carbocycles. The molecule has 20 heavy (non-hydrogen) atoms. The number of hydrogen-bond acceptors (Lipinski definition) is 2. The Morgan fingerprint density at radius 1 is 1.00 bits per heavy atom. The van der Waals surface area contributed by atoms with Gasteiger partial charge in [0.25, 0.3) is 0 Å². The first-order chi connectivity index (χ1) is 8.70. The van der Waals surface area contributed by atoms with E-state index in [9.17, 15) is 0 Å². The average Bonchev–Trinajstić information content (AvgIpc) is 2.32. The molecule has 0 spiro atoms. The van der Waals surface area contributed by atoms with Gasteiger partial charge in [0.2, 0.25) is 0 Å². The smallest absolute Gasteiger partial charge is 1.00 e. The number of rotatable bonds is 13. The average molecular weight is 362 g/mol. The summed E-state index contributed by atoms with van der Waals surface area (Å²) in [6, 6.07) is 0. The molecule has 0 amide bonds. The second-order valence-electron chi connectivity index (χ2n) is 5.52. The van der Waals surface area contributed by atoms with E-state index in [4.69, 9.17) is 9.47 Å². The molecule has 0 fully saturated rings. The zero-order valence-electron chi connectivity index (χ0n) is 14.0. The second kappa shape index (κ2) is 20.2. The zero-order valence-corrected chi connectivity index (χ0v) is 17.0. The van der Waals surface area contributed by atoms with E-state index in [-0.39, 0.29) is 40.0 Å². The summed E-state index contributed by atoms with van der Waals surface area (Å²) in [4.78, 5) is 0. The molecule has 0 saturated heterocycles. The Morgan fingerprint density at radius 3 is 2.15 bits per heavy atom. The van der Waals surface area contributed by atoms with Gasteiger partial charge >= 0.3 is 23.1 Å². The van der Waals surface area contributed by atoms with Gasteiger partial charge in [0.1, 0.15) is 6.79 Å². The zero-order chi connectivity index (χ0) is 13.6. The Bertz CT molecular complexity index is 171. The SMILES string of the molecule is C[CH-]CC(C)CC(C)CCCOCOCCCC.[Br-].[Mg+2].